The summed E-state index contributed by atoms with van der Waals surface area (Å²) in [5.41, 5.74) is 14.9. The van der Waals surface area contributed by atoms with Gasteiger partial charge in [0.15, 0.2) is 23.2 Å². The van der Waals surface area contributed by atoms with E-state index in [1.54, 1.807) is 13.2 Å². The molecule has 1 aromatic rings. The van der Waals surface area contributed by atoms with Gasteiger partial charge in [-0.25, -0.2) is 4.99 Å². The van der Waals surface area contributed by atoms with Crippen LogP contribution in [0.15, 0.2) is 22.7 Å². The molecule has 6 atom stereocenters. The van der Waals surface area contributed by atoms with Gasteiger partial charge in [0.1, 0.15) is 0 Å². The minimum Gasteiger partial charge on any atom is -0.504 e. The number of benzene rings is 1. The fourth-order valence-electron chi connectivity index (χ4n) is 7.95. The van der Waals surface area contributed by atoms with Crippen LogP contribution in [0, 0.1) is 47.4 Å². The minimum atomic E-state index is -0.252. The topological polar surface area (TPSA) is 161 Å². The number of phenols is 1. The number of aryl methyl sites for hydroxylation is 1. The maximum absolute atomic E-state index is 13.5. The molecule has 0 amide bonds. The summed E-state index contributed by atoms with van der Waals surface area (Å²) in [6.07, 6.45) is 11.9. The predicted molar refractivity (Wildman–Crippen MR) is 198 cm³/mol. The van der Waals surface area contributed by atoms with Crippen molar-refractivity contribution in [1.82, 2.24) is 0 Å². The number of rotatable bonds is 14. The van der Waals surface area contributed by atoms with Gasteiger partial charge in [0.25, 0.3) is 0 Å². The number of carbonyl (C=O) groups excluding carboxylic acids is 1. The molecule has 1 saturated carbocycles. The number of nitrogens with two attached hydrogens (primary N) is 2. The number of nitrogens with zero attached hydrogens (tertiary/aromatic N) is 1. The van der Waals surface area contributed by atoms with Gasteiger partial charge in [-0.15, -0.1) is 11.8 Å². The van der Waals surface area contributed by atoms with Crippen LogP contribution in [0.3, 0.4) is 0 Å². The second kappa shape index (κ2) is 19.8. The molecule has 7 N–H and O–H groups in total. The van der Waals surface area contributed by atoms with E-state index >= 15 is 0 Å². The van der Waals surface area contributed by atoms with Crippen molar-refractivity contribution in [1.29, 1.82) is 0 Å². The third kappa shape index (κ3) is 10.8. The summed E-state index contributed by atoms with van der Waals surface area (Å²) >= 11 is 0. The molecule has 9 heteroatoms. The van der Waals surface area contributed by atoms with Gasteiger partial charge in [0.05, 0.1) is 24.7 Å². The fraction of sp³-hybridized carbons (Fsp3) is 0.659. The summed E-state index contributed by atoms with van der Waals surface area (Å²) in [6, 6.07) is 1.64. The van der Waals surface area contributed by atoms with Crippen LogP contribution in [0.1, 0.15) is 120 Å². The number of aromatic hydroxyl groups is 1. The van der Waals surface area contributed by atoms with Crippen LogP contribution in [0.2, 0.25) is 0 Å². The lowest BCUT2D eigenvalue weighted by molar-refractivity contribution is -0.114. The standard InChI is InChI=1S/C41H59N3O6/c1-4-28(21-22-45)32(25-46)23-33(47)17-14-30-24-38(50-34-11-7-8-12-34)40(48)39-35(30)19-15-29-10-6-5-9-27(2)13-18-36(39)31(26-49-3)16-20-37(29)44-41(42)43/h23-24,27-29,31,34,36-37,45-46,48H,4,7-14,16-18,20-22,25-26H2,1-3H3,(H4,42,43,44)/b32-23+/t27-,28-,29-,31+,36+,37-/m0/s1. The smallest absolute Gasteiger partial charge is 0.186 e. The Morgan fingerprint density at radius 3 is 2.54 bits per heavy atom. The first-order valence-electron chi connectivity index (χ1n) is 18.7. The number of allylic oxidation sites excluding steroid dienone is 1. The van der Waals surface area contributed by atoms with Gasteiger partial charge in [-0.2, -0.15) is 0 Å². The van der Waals surface area contributed by atoms with E-state index in [1.165, 1.54) is 0 Å². The SMILES string of the molecule is CC[C@@H](CCO)/C(=C/C(=O)CCc1cc(OC2CCCC2)c(O)c2c1C#C[C@@H]1CC#CC[C@H](C)CC[C@@H]2[C@@H](COC)CC[C@@H]1N=C(N)N)CO. The summed E-state index contributed by atoms with van der Waals surface area (Å²) < 4.78 is 12.4. The molecule has 50 heavy (non-hydrogen) atoms. The van der Waals surface area contributed by atoms with Gasteiger partial charge in [-0.1, -0.05) is 25.7 Å². The van der Waals surface area contributed by atoms with E-state index < -0.39 is 0 Å². The Balaban J connectivity index is 1.91. The maximum Gasteiger partial charge on any atom is 0.186 e. The average Bonchev–Trinajstić information content (AvgIpc) is 3.61. The third-order valence-corrected chi connectivity index (χ3v) is 10.8. The molecule has 9 nitrogen and oxygen atoms in total. The van der Waals surface area contributed by atoms with E-state index in [0.29, 0.717) is 49.5 Å². The van der Waals surface area contributed by atoms with Gasteiger partial charge in [-0.3, -0.25) is 4.79 Å². The summed E-state index contributed by atoms with van der Waals surface area (Å²) in [4.78, 5) is 18.1. The van der Waals surface area contributed by atoms with Crippen molar-refractivity contribution in [3.63, 3.8) is 0 Å². The number of aliphatic hydroxyl groups is 2. The Labute approximate surface area is 299 Å². The van der Waals surface area contributed by atoms with E-state index in [0.717, 1.165) is 74.5 Å². The van der Waals surface area contributed by atoms with Crippen molar-refractivity contribution in [2.24, 2.45) is 40.1 Å². The van der Waals surface area contributed by atoms with Crippen LogP contribution in [0.25, 0.3) is 0 Å². The van der Waals surface area contributed by atoms with Gasteiger partial charge in [0, 0.05) is 50.7 Å². The highest BCUT2D eigenvalue weighted by Gasteiger charge is 2.34. The van der Waals surface area contributed by atoms with Crippen molar-refractivity contribution < 1.29 is 29.6 Å². The number of aliphatic hydroxyl groups excluding tert-OH is 2. The van der Waals surface area contributed by atoms with E-state index in [-0.39, 0.29) is 72.9 Å². The number of aliphatic imine (C=N–C) groups is 1. The van der Waals surface area contributed by atoms with Crippen molar-refractivity contribution in [3.05, 3.63) is 34.4 Å². The Morgan fingerprint density at radius 2 is 1.86 bits per heavy atom. The number of hydrogen-bond acceptors (Lipinski definition) is 7. The average molecular weight is 690 g/mol. The second-order valence-electron chi connectivity index (χ2n) is 14.5. The lowest BCUT2D eigenvalue weighted by Crippen LogP contribution is -2.30. The molecular weight excluding hydrogens is 630 g/mol. The number of carbonyl (C=O) groups is 1. The van der Waals surface area contributed by atoms with Gasteiger partial charge >= 0.3 is 0 Å². The third-order valence-electron chi connectivity index (χ3n) is 10.8. The molecule has 4 aliphatic rings. The van der Waals surface area contributed by atoms with E-state index in [2.05, 4.69) is 35.6 Å². The Bertz CT molecular complexity index is 1470. The molecule has 0 spiro atoms. The van der Waals surface area contributed by atoms with Crippen LogP contribution in [-0.4, -0.2) is 66.1 Å². The number of phenolic OH excluding ortho intramolecular Hbond substituents is 1. The Morgan fingerprint density at radius 1 is 1.10 bits per heavy atom. The molecule has 0 saturated heterocycles. The van der Waals surface area contributed by atoms with Crippen LogP contribution in [-0.2, 0) is 16.0 Å². The molecule has 2 bridgehead atoms. The molecule has 0 aromatic heterocycles. The van der Waals surface area contributed by atoms with Crippen LogP contribution >= 0.6 is 0 Å². The lowest BCUT2D eigenvalue weighted by Gasteiger charge is -2.33. The monoisotopic (exact) mass is 689 g/mol. The quantitative estimate of drug-likeness (QED) is 0.0741. The zero-order valence-corrected chi connectivity index (χ0v) is 30.4. The van der Waals surface area contributed by atoms with Gasteiger partial charge in [0.2, 0.25) is 0 Å². The summed E-state index contributed by atoms with van der Waals surface area (Å²) in [7, 11) is 1.71. The highest BCUT2D eigenvalue weighted by atomic mass is 16.5. The van der Waals surface area contributed by atoms with Gasteiger partial charge in [-0.05, 0) is 118 Å². The van der Waals surface area contributed by atoms with Crippen LogP contribution < -0.4 is 16.2 Å². The number of fused-ring (bicyclic) bond motifs is 8. The zero-order chi connectivity index (χ0) is 36.0. The van der Waals surface area contributed by atoms with Gasteiger partial charge < -0.3 is 36.3 Å². The highest BCUT2D eigenvalue weighted by Crippen LogP contribution is 2.47. The van der Waals surface area contributed by atoms with E-state index in [1.807, 2.05) is 13.0 Å². The van der Waals surface area contributed by atoms with E-state index in [4.69, 9.17) is 20.9 Å². The first-order chi connectivity index (χ1) is 24.2. The fourth-order valence-corrected chi connectivity index (χ4v) is 7.95. The van der Waals surface area contributed by atoms with Crippen molar-refractivity contribution in [2.75, 3.05) is 26.9 Å². The van der Waals surface area contributed by atoms with Crippen LogP contribution in [0.5, 0.6) is 11.5 Å². The van der Waals surface area contributed by atoms with E-state index in [9.17, 15) is 20.1 Å². The number of ether oxygens (including phenoxy) is 2. The molecular formula is C41H59N3O6. The zero-order valence-electron chi connectivity index (χ0n) is 30.4. The Hall–Kier alpha value is -3.50. The summed E-state index contributed by atoms with van der Waals surface area (Å²) in [5.74, 6) is 14.3. The molecule has 4 aliphatic carbocycles. The largest absolute Gasteiger partial charge is 0.504 e. The number of ketones is 1. The van der Waals surface area contributed by atoms with Crippen molar-refractivity contribution >= 4 is 11.7 Å². The minimum absolute atomic E-state index is 0.00719. The molecule has 1 fully saturated rings. The molecule has 0 heterocycles. The van der Waals surface area contributed by atoms with Crippen LogP contribution in [0.4, 0.5) is 0 Å². The highest BCUT2D eigenvalue weighted by molar-refractivity contribution is 5.90. The molecule has 0 unspecified atom stereocenters. The first kappa shape index (κ1) is 39.3. The predicted octanol–water partition coefficient (Wildman–Crippen LogP) is 5.51. The van der Waals surface area contributed by atoms with Crippen molar-refractivity contribution in [3.8, 4) is 35.2 Å². The number of methoxy groups -OCH3 is 1. The lowest BCUT2D eigenvalue weighted by atomic mass is 9.74. The number of guanidine groups is 1. The molecule has 5 rings (SSSR count). The number of hydrogen-bond donors (Lipinski definition) is 5. The second-order valence-corrected chi connectivity index (χ2v) is 14.5. The maximum atomic E-state index is 13.5. The normalized spacial score (nSPS) is 24.8. The molecule has 0 aliphatic heterocycles. The molecule has 1 aromatic carbocycles. The molecule has 0 radical (unpaired) electrons. The summed E-state index contributed by atoms with van der Waals surface area (Å²) in [5, 5.41) is 31.8. The Kier molecular flexibility index (Phi) is 15.5. The van der Waals surface area contributed by atoms with Crippen molar-refractivity contribution in [2.45, 2.75) is 122 Å². The molecule has 274 valence electrons. The summed E-state index contributed by atoms with van der Waals surface area (Å²) in [6.45, 7) is 4.47. The first-order valence-corrected chi connectivity index (χ1v) is 18.7.